The Morgan fingerprint density at radius 3 is 2.02 bits per heavy atom. The summed E-state index contributed by atoms with van der Waals surface area (Å²) in [6.45, 7) is 3.34. The fraction of sp³-hybridized carbons (Fsp3) is 0.600. The number of phosphoric acid groups is 1. The number of aliphatic hydroxyl groups excluding tert-OH is 1. The smallest absolute Gasteiger partial charge is 0.462 e. The number of carbonyl (C=O) groups is 2. The molecule has 0 rings (SSSR count). The lowest BCUT2D eigenvalue weighted by molar-refractivity contribution is -0.161. The van der Waals surface area contributed by atoms with Crippen LogP contribution < -0.4 is 0 Å². The van der Waals surface area contributed by atoms with Crippen LogP contribution in [-0.4, -0.2) is 52.3 Å². The van der Waals surface area contributed by atoms with E-state index in [0.717, 1.165) is 38.5 Å². The highest BCUT2D eigenvalue weighted by atomic mass is 31.2. The van der Waals surface area contributed by atoms with Gasteiger partial charge >= 0.3 is 19.8 Å². The third-order valence-electron chi connectivity index (χ3n) is 6.33. The normalized spacial score (nSPS) is 14.2. The van der Waals surface area contributed by atoms with Crippen LogP contribution in [0.25, 0.3) is 0 Å². The summed E-state index contributed by atoms with van der Waals surface area (Å²) in [7, 11) is -4.77. The zero-order valence-electron chi connectivity index (χ0n) is 27.3. The van der Waals surface area contributed by atoms with E-state index in [1.807, 2.05) is 54.7 Å². The van der Waals surface area contributed by atoms with Gasteiger partial charge in [0.2, 0.25) is 0 Å². The van der Waals surface area contributed by atoms with E-state index in [2.05, 4.69) is 30.5 Å². The number of unbranched alkanes of at least 4 members (excludes halogenated alkanes) is 6. The molecule has 2 atom stereocenters. The minimum absolute atomic E-state index is 0.0607. The maximum absolute atomic E-state index is 12.2. The number of rotatable bonds is 28. The second kappa shape index (κ2) is 30.1. The molecular weight excluding hydrogens is 595 g/mol. The van der Waals surface area contributed by atoms with Gasteiger partial charge in [-0.2, -0.15) is 0 Å². The van der Waals surface area contributed by atoms with E-state index in [-0.39, 0.29) is 19.4 Å². The van der Waals surface area contributed by atoms with Gasteiger partial charge in [0, 0.05) is 12.8 Å². The van der Waals surface area contributed by atoms with E-state index in [1.54, 1.807) is 6.08 Å². The van der Waals surface area contributed by atoms with Gasteiger partial charge < -0.3 is 24.4 Å². The Hall–Kier alpha value is -2.55. The van der Waals surface area contributed by atoms with Crippen molar-refractivity contribution in [2.24, 2.45) is 0 Å². The van der Waals surface area contributed by atoms with Crippen molar-refractivity contribution in [2.45, 2.75) is 122 Å². The molecule has 0 radical (unpaired) electrons. The first-order chi connectivity index (χ1) is 21.7. The summed E-state index contributed by atoms with van der Waals surface area (Å²) in [6.07, 6.45) is 34.1. The van der Waals surface area contributed by atoms with Crippen LogP contribution in [0.3, 0.4) is 0 Å². The van der Waals surface area contributed by atoms with Crippen LogP contribution in [0.5, 0.6) is 0 Å². The summed E-state index contributed by atoms with van der Waals surface area (Å²) in [5.41, 5.74) is 0. The molecule has 0 aliphatic carbocycles. The molecule has 256 valence electrons. The number of ether oxygens (including phenoxy) is 2. The summed E-state index contributed by atoms with van der Waals surface area (Å²) in [4.78, 5) is 42.3. The van der Waals surface area contributed by atoms with Crippen molar-refractivity contribution >= 4 is 19.8 Å². The average Bonchev–Trinajstić information content (AvgIpc) is 2.99. The first-order valence-electron chi connectivity index (χ1n) is 16.3. The molecule has 3 N–H and O–H groups in total. The lowest BCUT2D eigenvalue weighted by Gasteiger charge is -2.18. The van der Waals surface area contributed by atoms with Gasteiger partial charge in [-0.1, -0.05) is 125 Å². The molecule has 0 amide bonds. The number of aliphatic hydroxyl groups is 1. The monoisotopic (exact) mass is 652 g/mol. The lowest BCUT2D eigenvalue weighted by atomic mass is 10.1. The number of hydrogen-bond acceptors (Lipinski definition) is 7. The van der Waals surface area contributed by atoms with Crippen LogP contribution in [0.1, 0.15) is 110 Å². The first-order valence-corrected chi connectivity index (χ1v) is 17.9. The standard InChI is InChI=1S/C35H57O9P/c1-3-5-7-9-15-20-24-28-34(37)42-30-33(31-43-45(39,40)41)44-35(38)29-25-21-17-14-12-11-13-16-19-23-27-32(36)26-22-18-10-8-6-4-2/h6,8,11-12,16-19,21-23,27,32-33,36H,3-5,7,9-10,13-15,20,24-26,28-31H2,1-2H3,(H2,39,40,41)/b8-6-,12-11-,19-16-,21-17-,22-18-,27-23+/t32?,33-/m1/s1. The minimum atomic E-state index is -4.77. The zero-order chi connectivity index (χ0) is 33.4. The largest absolute Gasteiger partial charge is 0.469 e. The molecule has 0 aliphatic rings. The number of esters is 2. The van der Waals surface area contributed by atoms with E-state index >= 15 is 0 Å². The van der Waals surface area contributed by atoms with Gasteiger partial charge in [-0.15, -0.1) is 0 Å². The van der Waals surface area contributed by atoms with Gasteiger partial charge in [-0.05, 0) is 44.9 Å². The molecule has 9 nitrogen and oxygen atoms in total. The molecule has 0 aromatic heterocycles. The second-order valence-corrected chi connectivity index (χ2v) is 11.8. The quantitative estimate of drug-likeness (QED) is 0.0251. The third-order valence-corrected chi connectivity index (χ3v) is 6.82. The molecule has 0 bridgehead atoms. The van der Waals surface area contributed by atoms with Gasteiger partial charge in [0.05, 0.1) is 12.7 Å². The van der Waals surface area contributed by atoms with Crippen molar-refractivity contribution in [1.82, 2.24) is 0 Å². The van der Waals surface area contributed by atoms with Gasteiger partial charge in [0.15, 0.2) is 6.10 Å². The number of carbonyl (C=O) groups excluding carboxylic acids is 2. The Balaban J connectivity index is 4.25. The topological polar surface area (TPSA) is 140 Å². The molecule has 0 saturated heterocycles. The Labute approximate surface area is 271 Å². The molecule has 45 heavy (non-hydrogen) atoms. The fourth-order valence-corrected chi connectivity index (χ4v) is 4.25. The SMILES string of the molecule is CC/C=C\C/C=C\CC(O)/C=C/C=C\C/C=C\C/C=C\CCC(=O)O[C@H](COC(=O)CCCCCCCCC)COP(=O)(O)O. The van der Waals surface area contributed by atoms with Gasteiger partial charge in [-0.25, -0.2) is 4.57 Å². The molecular formula is C35H57O9P. The van der Waals surface area contributed by atoms with Gasteiger partial charge in [0.1, 0.15) is 6.61 Å². The highest BCUT2D eigenvalue weighted by Gasteiger charge is 2.22. The van der Waals surface area contributed by atoms with Crippen LogP contribution in [0.2, 0.25) is 0 Å². The molecule has 0 aromatic carbocycles. The lowest BCUT2D eigenvalue weighted by Crippen LogP contribution is -2.29. The van der Waals surface area contributed by atoms with E-state index in [9.17, 15) is 19.3 Å². The third kappa shape index (κ3) is 32.6. The van der Waals surface area contributed by atoms with Crippen LogP contribution in [0, 0.1) is 0 Å². The Kier molecular flexibility index (Phi) is 28.4. The van der Waals surface area contributed by atoms with Crippen molar-refractivity contribution in [2.75, 3.05) is 13.2 Å². The van der Waals surface area contributed by atoms with Gasteiger partial charge in [-0.3, -0.25) is 14.1 Å². The van der Waals surface area contributed by atoms with E-state index in [0.29, 0.717) is 25.7 Å². The van der Waals surface area contributed by atoms with Crippen LogP contribution in [0.4, 0.5) is 0 Å². The van der Waals surface area contributed by atoms with Crippen LogP contribution in [-0.2, 0) is 28.2 Å². The number of hydrogen-bond donors (Lipinski definition) is 3. The number of phosphoric ester groups is 1. The second-order valence-electron chi connectivity index (χ2n) is 10.6. The maximum Gasteiger partial charge on any atom is 0.469 e. The number of allylic oxidation sites excluding steroid dienone is 10. The van der Waals surface area contributed by atoms with Crippen LogP contribution in [0.15, 0.2) is 72.9 Å². The Morgan fingerprint density at radius 2 is 1.33 bits per heavy atom. The molecule has 0 spiro atoms. The molecule has 10 heteroatoms. The van der Waals surface area contributed by atoms with Crippen molar-refractivity contribution in [3.8, 4) is 0 Å². The predicted octanol–water partition coefficient (Wildman–Crippen LogP) is 8.14. The van der Waals surface area contributed by atoms with Crippen molar-refractivity contribution in [3.05, 3.63) is 72.9 Å². The van der Waals surface area contributed by atoms with Crippen molar-refractivity contribution in [3.63, 3.8) is 0 Å². The van der Waals surface area contributed by atoms with Gasteiger partial charge in [0.25, 0.3) is 0 Å². The molecule has 1 unspecified atom stereocenters. The first kappa shape index (κ1) is 42.5. The predicted molar refractivity (Wildman–Crippen MR) is 180 cm³/mol. The molecule has 0 saturated carbocycles. The fourth-order valence-electron chi connectivity index (χ4n) is 3.89. The minimum Gasteiger partial charge on any atom is -0.462 e. The average molecular weight is 653 g/mol. The van der Waals surface area contributed by atoms with Crippen LogP contribution >= 0.6 is 7.82 Å². The molecule has 0 aliphatic heterocycles. The maximum atomic E-state index is 12.2. The summed E-state index contributed by atoms with van der Waals surface area (Å²) in [5, 5.41) is 9.93. The molecule has 0 fully saturated rings. The zero-order valence-corrected chi connectivity index (χ0v) is 28.2. The highest BCUT2D eigenvalue weighted by Crippen LogP contribution is 2.35. The van der Waals surface area contributed by atoms with Crippen molar-refractivity contribution in [1.29, 1.82) is 0 Å². The molecule has 0 heterocycles. The van der Waals surface area contributed by atoms with E-state index in [4.69, 9.17) is 19.3 Å². The van der Waals surface area contributed by atoms with E-state index in [1.165, 1.54) is 19.3 Å². The Morgan fingerprint density at radius 1 is 0.711 bits per heavy atom. The van der Waals surface area contributed by atoms with Crippen molar-refractivity contribution < 1.29 is 43.0 Å². The summed E-state index contributed by atoms with van der Waals surface area (Å²) in [5.74, 6) is -1.03. The summed E-state index contributed by atoms with van der Waals surface area (Å²) >= 11 is 0. The molecule has 0 aromatic rings. The van der Waals surface area contributed by atoms with E-state index < -0.39 is 38.6 Å². The highest BCUT2D eigenvalue weighted by molar-refractivity contribution is 7.46. The Bertz CT molecular complexity index is 976. The summed E-state index contributed by atoms with van der Waals surface area (Å²) < 4.78 is 26.0. The summed E-state index contributed by atoms with van der Waals surface area (Å²) in [6, 6.07) is 0.